The summed E-state index contributed by atoms with van der Waals surface area (Å²) in [4.78, 5) is 4.63. The van der Waals surface area contributed by atoms with Crippen molar-refractivity contribution in [3.63, 3.8) is 0 Å². The van der Waals surface area contributed by atoms with Crippen molar-refractivity contribution in [1.29, 1.82) is 0 Å². The smallest absolute Gasteiger partial charge is 0.227 e. The van der Waals surface area contributed by atoms with Gasteiger partial charge in [-0.05, 0) is 40.8 Å². The zero-order chi connectivity index (χ0) is 15.0. The van der Waals surface area contributed by atoms with E-state index in [1.807, 2.05) is 30.3 Å². The van der Waals surface area contributed by atoms with E-state index < -0.39 is 0 Å². The van der Waals surface area contributed by atoms with E-state index in [1.165, 1.54) is 5.56 Å². The fourth-order valence-electron chi connectivity index (χ4n) is 2.35. The van der Waals surface area contributed by atoms with Gasteiger partial charge in [-0.15, -0.1) is 0 Å². The highest BCUT2D eigenvalue weighted by Crippen LogP contribution is 2.29. The van der Waals surface area contributed by atoms with Gasteiger partial charge in [-0.25, -0.2) is 4.98 Å². The molecule has 21 heavy (non-hydrogen) atoms. The molecule has 0 aliphatic rings. The lowest BCUT2D eigenvalue weighted by Gasteiger charge is -2.18. The number of fused-ring (bicyclic) bond motifs is 1. The molecule has 1 heterocycles. The normalized spacial score (nSPS) is 12.0. The number of aromatic nitrogens is 1. The molecule has 0 fully saturated rings. The Balaban J connectivity index is 2.08. The molecule has 108 valence electrons. The van der Waals surface area contributed by atoms with Crippen LogP contribution in [0.5, 0.6) is 0 Å². The Morgan fingerprint density at radius 3 is 2.62 bits per heavy atom. The molecule has 2 N–H and O–H groups in total. The lowest BCUT2D eigenvalue weighted by atomic mass is 9.87. The van der Waals surface area contributed by atoms with E-state index >= 15 is 0 Å². The van der Waals surface area contributed by atoms with Crippen molar-refractivity contribution >= 4 is 11.1 Å². The average Bonchev–Trinajstić information content (AvgIpc) is 2.89. The molecule has 1 aromatic heterocycles. The summed E-state index contributed by atoms with van der Waals surface area (Å²) in [6.45, 7) is 7.10. The minimum atomic E-state index is 0.104. The van der Waals surface area contributed by atoms with E-state index in [9.17, 15) is 0 Å². The first-order valence-electron chi connectivity index (χ1n) is 7.18. The maximum absolute atomic E-state index is 5.87. The van der Waals surface area contributed by atoms with Crippen molar-refractivity contribution in [3.8, 4) is 11.5 Å². The van der Waals surface area contributed by atoms with Crippen molar-refractivity contribution in [2.24, 2.45) is 5.73 Å². The zero-order valence-electron chi connectivity index (χ0n) is 12.7. The molecule has 0 saturated heterocycles. The maximum Gasteiger partial charge on any atom is 0.227 e. The Morgan fingerprint density at radius 2 is 1.90 bits per heavy atom. The van der Waals surface area contributed by atoms with Gasteiger partial charge in [0.2, 0.25) is 5.89 Å². The van der Waals surface area contributed by atoms with Crippen molar-refractivity contribution in [3.05, 3.63) is 53.6 Å². The van der Waals surface area contributed by atoms with Crippen LogP contribution in [0, 0.1) is 0 Å². The van der Waals surface area contributed by atoms with Crippen LogP contribution in [0.1, 0.15) is 31.9 Å². The zero-order valence-corrected chi connectivity index (χ0v) is 12.7. The average molecular weight is 280 g/mol. The van der Waals surface area contributed by atoms with Crippen LogP contribution in [0.2, 0.25) is 0 Å². The predicted octanol–water partition coefficient (Wildman–Crippen LogP) is 4.25. The van der Waals surface area contributed by atoms with Crippen LogP contribution >= 0.6 is 0 Å². The number of hydrogen-bond acceptors (Lipinski definition) is 3. The molecule has 0 amide bonds. The second-order valence-corrected chi connectivity index (χ2v) is 6.36. The highest BCUT2D eigenvalue weighted by Gasteiger charge is 2.16. The van der Waals surface area contributed by atoms with E-state index in [2.05, 4.69) is 37.9 Å². The van der Waals surface area contributed by atoms with Crippen LogP contribution in [0.25, 0.3) is 22.6 Å². The SMILES string of the molecule is CC(C)(C)c1ccc2oc(-c3cccc(CN)c3)nc2c1. The summed E-state index contributed by atoms with van der Waals surface area (Å²) in [5, 5.41) is 0. The van der Waals surface area contributed by atoms with Gasteiger partial charge in [0, 0.05) is 12.1 Å². The van der Waals surface area contributed by atoms with Crippen LogP contribution in [0.4, 0.5) is 0 Å². The predicted molar refractivity (Wildman–Crippen MR) is 86.0 cm³/mol. The highest BCUT2D eigenvalue weighted by molar-refractivity contribution is 5.77. The fourth-order valence-corrected chi connectivity index (χ4v) is 2.35. The van der Waals surface area contributed by atoms with E-state index in [-0.39, 0.29) is 5.41 Å². The van der Waals surface area contributed by atoms with Crippen molar-refractivity contribution in [2.45, 2.75) is 32.7 Å². The molecule has 3 nitrogen and oxygen atoms in total. The van der Waals surface area contributed by atoms with E-state index in [4.69, 9.17) is 10.2 Å². The number of benzene rings is 2. The first-order chi connectivity index (χ1) is 9.97. The molecule has 0 unspecified atom stereocenters. The van der Waals surface area contributed by atoms with Crippen LogP contribution < -0.4 is 5.73 Å². The summed E-state index contributed by atoms with van der Waals surface area (Å²) in [5.41, 5.74) is 10.8. The third kappa shape index (κ3) is 2.69. The maximum atomic E-state index is 5.87. The van der Waals surface area contributed by atoms with Crippen molar-refractivity contribution in [2.75, 3.05) is 0 Å². The van der Waals surface area contributed by atoms with Crippen molar-refractivity contribution in [1.82, 2.24) is 4.98 Å². The van der Waals surface area contributed by atoms with Crippen LogP contribution in [0.15, 0.2) is 46.9 Å². The Labute approximate surface area is 124 Å². The number of hydrogen-bond donors (Lipinski definition) is 1. The first-order valence-corrected chi connectivity index (χ1v) is 7.18. The summed E-state index contributed by atoms with van der Waals surface area (Å²) in [6.07, 6.45) is 0. The second kappa shape index (κ2) is 5.01. The molecule has 0 saturated carbocycles. The van der Waals surface area contributed by atoms with Gasteiger partial charge in [-0.2, -0.15) is 0 Å². The largest absolute Gasteiger partial charge is 0.436 e. The van der Waals surface area contributed by atoms with Gasteiger partial charge in [-0.1, -0.05) is 39.0 Å². The number of nitrogens with two attached hydrogens (primary N) is 1. The van der Waals surface area contributed by atoms with Gasteiger partial charge in [0.15, 0.2) is 5.58 Å². The monoisotopic (exact) mass is 280 g/mol. The number of nitrogens with zero attached hydrogens (tertiary/aromatic N) is 1. The fraction of sp³-hybridized carbons (Fsp3) is 0.278. The van der Waals surface area contributed by atoms with Gasteiger partial charge in [0.1, 0.15) is 5.52 Å². The molecular weight excluding hydrogens is 260 g/mol. The molecule has 0 aliphatic heterocycles. The van der Waals surface area contributed by atoms with Crippen LogP contribution in [-0.2, 0) is 12.0 Å². The molecule has 0 aliphatic carbocycles. The van der Waals surface area contributed by atoms with Crippen molar-refractivity contribution < 1.29 is 4.42 Å². The molecule has 3 aromatic rings. The highest BCUT2D eigenvalue weighted by atomic mass is 16.3. The summed E-state index contributed by atoms with van der Waals surface area (Å²) in [6, 6.07) is 14.2. The lowest BCUT2D eigenvalue weighted by molar-refractivity contribution is 0.590. The van der Waals surface area contributed by atoms with Gasteiger partial charge >= 0.3 is 0 Å². The Kier molecular flexibility index (Phi) is 3.30. The summed E-state index contributed by atoms with van der Waals surface area (Å²) in [7, 11) is 0. The summed E-state index contributed by atoms with van der Waals surface area (Å²) >= 11 is 0. The second-order valence-electron chi connectivity index (χ2n) is 6.36. The van der Waals surface area contributed by atoms with Crippen LogP contribution in [-0.4, -0.2) is 4.98 Å². The van der Waals surface area contributed by atoms with Gasteiger partial charge in [-0.3, -0.25) is 0 Å². The molecule has 0 radical (unpaired) electrons. The minimum absolute atomic E-state index is 0.104. The third-order valence-corrected chi connectivity index (χ3v) is 3.66. The third-order valence-electron chi connectivity index (χ3n) is 3.66. The molecule has 0 atom stereocenters. The van der Waals surface area contributed by atoms with Gasteiger partial charge in [0.05, 0.1) is 0 Å². The quantitative estimate of drug-likeness (QED) is 0.763. The Bertz CT molecular complexity index is 781. The summed E-state index contributed by atoms with van der Waals surface area (Å²) < 4.78 is 5.87. The molecule has 3 heteroatoms. The molecule has 2 aromatic carbocycles. The minimum Gasteiger partial charge on any atom is -0.436 e. The van der Waals surface area contributed by atoms with E-state index in [1.54, 1.807) is 0 Å². The van der Waals surface area contributed by atoms with Gasteiger partial charge < -0.3 is 10.2 Å². The molecule has 3 rings (SSSR count). The lowest BCUT2D eigenvalue weighted by Crippen LogP contribution is -2.10. The van der Waals surface area contributed by atoms with E-state index in [0.717, 1.165) is 22.2 Å². The Morgan fingerprint density at radius 1 is 1.10 bits per heavy atom. The standard InChI is InChI=1S/C18H20N2O/c1-18(2,3)14-7-8-16-15(10-14)20-17(21-16)13-6-4-5-12(9-13)11-19/h4-10H,11,19H2,1-3H3. The first kappa shape index (κ1) is 13.8. The topological polar surface area (TPSA) is 52.0 Å². The van der Waals surface area contributed by atoms with Gasteiger partial charge in [0.25, 0.3) is 0 Å². The van der Waals surface area contributed by atoms with E-state index in [0.29, 0.717) is 12.4 Å². The molecule has 0 spiro atoms. The summed E-state index contributed by atoms with van der Waals surface area (Å²) in [5.74, 6) is 0.645. The number of rotatable bonds is 2. The van der Waals surface area contributed by atoms with Crippen LogP contribution in [0.3, 0.4) is 0 Å². The number of oxazole rings is 1. The Hall–Kier alpha value is -2.13. The molecule has 0 bridgehead atoms. The molecular formula is C18H20N2O.